The number of carbonyl (C=O) groups excluding carboxylic acids is 3. The van der Waals surface area contributed by atoms with Crippen LogP contribution in [0, 0.1) is 10.1 Å². The smallest absolute Gasteiger partial charge is 0.293 e. The molecular formula is C22H22N4O6S. The number of nitrogens with zero attached hydrogens (tertiary/aromatic N) is 2. The number of ether oxygens (including phenoxy) is 1. The van der Waals surface area contributed by atoms with Crippen LogP contribution in [0.1, 0.15) is 15.9 Å². The van der Waals surface area contributed by atoms with Gasteiger partial charge < -0.3 is 15.4 Å². The van der Waals surface area contributed by atoms with Crippen molar-refractivity contribution < 1.29 is 24.0 Å². The van der Waals surface area contributed by atoms with Crippen molar-refractivity contribution in [3.63, 3.8) is 0 Å². The number of nitrogens with one attached hydrogen (secondary N) is 2. The van der Waals surface area contributed by atoms with Crippen LogP contribution in [0.3, 0.4) is 0 Å². The van der Waals surface area contributed by atoms with Gasteiger partial charge in [-0.2, -0.15) is 0 Å². The molecule has 0 unspecified atom stereocenters. The van der Waals surface area contributed by atoms with Crippen molar-refractivity contribution in [2.45, 2.75) is 0 Å². The molecule has 1 heterocycles. The van der Waals surface area contributed by atoms with Gasteiger partial charge in [-0.15, -0.1) is 0 Å². The summed E-state index contributed by atoms with van der Waals surface area (Å²) in [7, 11) is 1.52. The fourth-order valence-corrected chi connectivity index (χ4v) is 3.90. The van der Waals surface area contributed by atoms with E-state index in [1.165, 1.54) is 25.3 Å². The van der Waals surface area contributed by atoms with Crippen molar-refractivity contribution in [2.24, 2.45) is 0 Å². The molecule has 0 atom stereocenters. The van der Waals surface area contributed by atoms with E-state index in [0.717, 1.165) is 22.2 Å². The van der Waals surface area contributed by atoms with Crippen LogP contribution >= 0.6 is 11.8 Å². The number of thioether (sulfide) groups is 1. The molecule has 33 heavy (non-hydrogen) atoms. The predicted octanol–water partition coefficient (Wildman–Crippen LogP) is 3.12. The number of benzene rings is 2. The standard InChI is InChI=1S/C22H22N4O6S/c1-32-12-10-23-17-8-7-16(14-18(17)26(30)31)20(27)24-9-11-25-21(28)19(33-22(25)29)13-15-5-3-2-4-6-15/h2-8,13-14,23H,9-12H2,1H3,(H,24,27)/b19-13-. The number of amides is 3. The van der Waals surface area contributed by atoms with Gasteiger partial charge in [0, 0.05) is 38.4 Å². The van der Waals surface area contributed by atoms with Crippen LogP contribution in [0.4, 0.5) is 16.2 Å². The van der Waals surface area contributed by atoms with Crippen molar-refractivity contribution >= 4 is 46.3 Å². The molecule has 0 aromatic heterocycles. The van der Waals surface area contributed by atoms with Crippen LogP contribution in [0.15, 0.2) is 53.4 Å². The fraction of sp³-hybridized carbons (Fsp3) is 0.227. The molecule has 172 valence electrons. The summed E-state index contributed by atoms with van der Waals surface area (Å²) >= 11 is 0.842. The van der Waals surface area contributed by atoms with Gasteiger partial charge in [-0.05, 0) is 35.5 Å². The Morgan fingerprint density at radius 1 is 1.18 bits per heavy atom. The van der Waals surface area contributed by atoms with E-state index in [0.29, 0.717) is 18.1 Å². The van der Waals surface area contributed by atoms with Gasteiger partial charge >= 0.3 is 0 Å². The van der Waals surface area contributed by atoms with Crippen LogP contribution in [0.25, 0.3) is 6.08 Å². The third-order valence-electron chi connectivity index (χ3n) is 4.67. The highest BCUT2D eigenvalue weighted by Crippen LogP contribution is 2.32. The Balaban J connectivity index is 1.59. The minimum absolute atomic E-state index is 0.0110. The molecular weight excluding hydrogens is 448 g/mol. The SMILES string of the molecule is COCCNc1ccc(C(=O)NCCN2C(=O)S/C(=C\c3ccccc3)C2=O)cc1[N+](=O)[O-]. The zero-order valence-electron chi connectivity index (χ0n) is 17.8. The van der Waals surface area contributed by atoms with E-state index in [1.54, 1.807) is 6.08 Å². The van der Waals surface area contributed by atoms with Crippen molar-refractivity contribution in [2.75, 3.05) is 38.7 Å². The Labute approximate surface area is 194 Å². The van der Waals surface area contributed by atoms with Gasteiger partial charge in [0.25, 0.3) is 22.7 Å². The second kappa shape index (κ2) is 11.2. The number of rotatable bonds is 10. The molecule has 0 aliphatic carbocycles. The molecule has 1 aliphatic rings. The number of hydrogen-bond donors (Lipinski definition) is 2. The summed E-state index contributed by atoms with van der Waals surface area (Å²) in [5.74, 6) is -0.974. The summed E-state index contributed by atoms with van der Waals surface area (Å²) < 4.78 is 4.91. The summed E-state index contributed by atoms with van der Waals surface area (Å²) in [6.07, 6.45) is 1.64. The zero-order valence-corrected chi connectivity index (χ0v) is 18.6. The minimum atomic E-state index is -0.578. The summed E-state index contributed by atoms with van der Waals surface area (Å²) in [4.78, 5) is 49.4. The van der Waals surface area contributed by atoms with Gasteiger partial charge in [-0.25, -0.2) is 0 Å². The van der Waals surface area contributed by atoms with Crippen LogP contribution in [-0.4, -0.2) is 60.2 Å². The molecule has 2 aromatic rings. The lowest BCUT2D eigenvalue weighted by Gasteiger charge is -2.13. The topological polar surface area (TPSA) is 131 Å². The lowest BCUT2D eigenvalue weighted by Crippen LogP contribution is -2.37. The van der Waals surface area contributed by atoms with E-state index in [2.05, 4.69) is 10.6 Å². The molecule has 1 saturated heterocycles. The second-order valence-electron chi connectivity index (χ2n) is 6.91. The van der Waals surface area contributed by atoms with Crippen molar-refractivity contribution in [1.82, 2.24) is 10.2 Å². The second-order valence-corrected chi connectivity index (χ2v) is 7.90. The molecule has 3 amide bonds. The maximum absolute atomic E-state index is 12.5. The number of nitro groups is 1. The molecule has 0 radical (unpaired) electrons. The van der Waals surface area contributed by atoms with Gasteiger partial charge in [-0.3, -0.25) is 29.4 Å². The molecule has 0 saturated carbocycles. The molecule has 2 N–H and O–H groups in total. The number of anilines is 1. The Morgan fingerprint density at radius 2 is 1.94 bits per heavy atom. The lowest BCUT2D eigenvalue weighted by atomic mass is 10.1. The summed E-state index contributed by atoms with van der Waals surface area (Å²) in [5.41, 5.74) is 0.933. The molecule has 1 fully saturated rings. The van der Waals surface area contributed by atoms with Gasteiger partial charge in [0.2, 0.25) is 0 Å². The van der Waals surface area contributed by atoms with E-state index in [1.807, 2.05) is 30.3 Å². The predicted molar refractivity (Wildman–Crippen MR) is 125 cm³/mol. The van der Waals surface area contributed by atoms with Gasteiger partial charge in [0.15, 0.2) is 0 Å². The maximum atomic E-state index is 12.5. The fourth-order valence-electron chi connectivity index (χ4n) is 3.04. The normalized spacial score (nSPS) is 14.6. The van der Waals surface area contributed by atoms with Gasteiger partial charge in [-0.1, -0.05) is 30.3 Å². The average molecular weight is 471 g/mol. The quantitative estimate of drug-likeness (QED) is 0.234. The highest BCUT2D eigenvalue weighted by Gasteiger charge is 2.34. The van der Waals surface area contributed by atoms with Crippen LogP contribution in [0.2, 0.25) is 0 Å². The highest BCUT2D eigenvalue weighted by atomic mass is 32.2. The monoisotopic (exact) mass is 470 g/mol. The maximum Gasteiger partial charge on any atom is 0.293 e. The molecule has 10 nitrogen and oxygen atoms in total. The zero-order chi connectivity index (χ0) is 23.8. The Hall–Kier alpha value is -3.70. The number of hydrogen-bond acceptors (Lipinski definition) is 8. The first kappa shape index (κ1) is 24.0. The molecule has 3 rings (SSSR count). The number of nitro benzene ring substituents is 1. The van der Waals surface area contributed by atoms with Gasteiger partial charge in [0.1, 0.15) is 5.69 Å². The summed E-state index contributed by atoms with van der Waals surface area (Å²) in [6.45, 7) is 0.742. The van der Waals surface area contributed by atoms with E-state index in [-0.39, 0.29) is 30.0 Å². The highest BCUT2D eigenvalue weighted by molar-refractivity contribution is 8.18. The van der Waals surface area contributed by atoms with Crippen LogP contribution < -0.4 is 10.6 Å². The molecule has 2 aromatic carbocycles. The molecule has 11 heteroatoms. The first-order chi connectivity index (χ1) is 15.9. The Bertz CT molecular complexity index is 1090. The molecule has 1 aliphatic heterocycles. The minimum Gasteiger partial charge on any atom is -0.383 e. The van der Waals surface area contributed by atoms with Crippen molar-refractivity contribution in [3.8, 4) is 0 Å². The van der Waals surface area contributed by atoms with Gasteiger partial charge in [0.05, 0.1) is 16.4 Å². The largest absolute Gasteiger partial charge is 0.383 e. The third-order valence-corrected chi connectivity index (χ3v) is 5.58. The Morgan fingerprint density at radius 3 is 2.64 bits per heavy atom. The van der Waals surface area contributed by atoms with E-state index >= 15 is 0 Å². The molecule has 0 bridgehead atoms. The van der Waals surface area contributed by atoms with Crippen LogP contribution in [-0.2, 0) is 9.53 Å². The summed E-state index contributed by atoms with van der Waals surface area (Å²) in [5, 5.41) is 16.4. The summed E-state index contributed by atoms with van der Waals surface area (Å²) in [6, 6.07) is 13.3. The number of imide groups is 1. The van der Waals surface area contributed by atoms with Crippen molar-refractivity contribution in [1.29, 1.82) is 0 Å². The Kier molecular flexibility index (Phi) is 8.17. The van der Waals surface area contributed by atoms with E-state index in [9.17, 15) is 24.5 Å². The van der Waals surface area contributed by atoms with Crippen LogP contribution in [0.5, 0.6) is 0 Å². The van der Waals surface area contributed by atoms with E-state index in [4.69, 9.17) is 4.74 Å². The number of carbonyl (C=O) groups is 3. The van der Waals surface area contributed by atoms with Crippen molar-refractivity contribution in [3.05, 3.63) is 74.7 Å². The molecule has 0 spiro atoms. The number of methoxy groups -OCH3 is 1. The first-order valence-corrected chi connectivity index (χ1v) is 10.8. The first-order valence-electron chi connectivity index (χ1n) is 10.0. The van der Waals surface area contributed by atoms with E-state index < -0.39 is 22.0 Å². The third kappa shape index (κ3) is 6.18. The average Bonchev–Trinajstić information content (AvgIpc) is 3.07. The lowest BCUT2D eigenvalue weighted by molar-refractivity contribution is -0.384.